The van der Waals surface area contributed by atoms with Crippen molar-refractivity contribution in [3.05, 3.63) is 35.4 Å². The second kappa shape index (κ2) is 5.61. The second-order valence-corrected chi connectivity index (χ2v) is 5.13. The van der Waals surface area contributed by atoms with Crippen LogP contribution in [-0.4, -0.2) is 45.8 Å². The number of piperidine rings is 1. The summed E-state index contributed by atoms with van der Waals surface area (Å²) in [6, 6.07) is 8.60. The van der Waals surface area contributed by atoms with Crippen molar-refractivity contribution in [2.45, 2.75) is 31.5 Å². The molecule has 1 aliphatic heterocycles. The molecule has 1 saturated heterocycles. The maximum Gasteiger partial charge on any atom is 0.255 e. The average molecular weight is 274 g/mol. The van der Waals surface area contributed by atoms with E-state index >= 15 is 0 Å². The van der Waals surface area contributed by atoms with Gasteiger partial charge >= 0.3 is 0 Å². The monoisotopic (exact) mass is 274 g/mol. The fourth-order valence-electron chi connectivity index (χ4n) is 2.50. The molecule has 106 valence electrons. The summed E-state index contributed by atoms with van der Waals surface area (Å²) in [5.41, 5.74) is -0.460. The van der Waals surface area contributed by atoms with E-state index in [0.29, 0.717) is 30.5 Å². The van der Waals surface area contributed by atoms with Crippen LogP contribution in [0.25, 0.3) is 0 Å². The highest BCUT2D eigenvalue weighted by Crippen LogP contribution is 2.27. The maximum atomic E-state index is 12.4. The van der Waals surface area contributed by atoms with Crippen LogP contribution < -0.4 is 0 Å². The van der Waals surface area contributed by atoms with Gasteiger partial charge in [0.2, 0.25) is 0 Å². The van der Waals surface area contributed by atoms with E-state index in [1.54, 1.807) is 24.3 Å². The van der Waals surface area contributed by atoms with Crippen molar-refractivity contribution in [1.29, 1.82) is 5.26 Å². The minimum atomic E-state index is -1.12. The summed E-state index contributed by atoms with van der Waals surface area (Å²) in [5, 5.41) is 29.2. The molecular weight excluding hydrogens is 256 g/mol. The molecule has 20 heavy (non-hydrogen) atoms. The van der Waals surface area contributed by atoms with Crippen molar-refractivity contribution in [3.63, 3.8) is 0 Å². The number of carbonyl (C=O) groups excluding carboxylic acids is 1. The number of rotatable bonds is 2. The largest absolute Gasteiger partial charge is 0.388 e. The first-order valence-corrected chi connectivity index (χ1v) is 6.70. The first-order valence-electron chi connectivity index (χ1n) is 6.70. The topological polar surface area (TPSA) is 84.6 Å². The molecule has 2 atom stereocenters. The lowest BCUT2D eigenvalue weighted by Crippen LogP contribution is -2.56. The Morgan fingerprint density at radius 3 is 2.85 bits per heavy atom. The lowest BCUT2D eigenvalue weighted by Gasteiger charge is -2.41. The molecule has 1 aliphatic rings. The summed E-state index contributed by atoms with van der Waals surface area (Å²) in [4.78, 5) is 13.9. The Labute approximate surface area is 118 Å². The minimum absolute atomic E-state index is 0.0862. The highest BCUT2D eigenvalue weighted by atomic mass is 16.3. The molecule has 0 aromatic heterocycles. The maximum absolute atomic E-state index is 12.4. The van der Waals surface area contributed by atoms with E-state index in [-0.39, 0.29) is 12.5 Å². The molecule has 1 amide bonds. The van der Waals surface area contributed by atoms with E-state index in [1.807, 2.05) is 13.0 Å². The smallest absolute Gasteiger partial charge is 0.255 e. The van der Waals surface area contributed by atoms with Crippen LogP contribution in [0.4, 0.5) is 0 Å². The number of aliphatic hydroxyl groups is 2. The van der Waals surface area contributed by atoms with Gasteiger partial charge in [-0.2, -0.15) is 5.26 Å². The van der Waals surface area contributed by atoms with E-state index in [2.05, 4.69) is 0 Å². The summed E-state index contributed by atoms with van der Waals surface area (Å²) in [7, 11) is 0. The van der Waals surface area contributed by atoms with Crippen LogP contribution in [0.5, 0.6) is 0 Å². The Morgan fingerprint density at radius 2 is 2.25 bits per heavy atom. The van der Waals surface area contributed by atoms with Crippen molar-refractivity contribution < 1.29 is 15.0 Å². The Morgan fingerprint density at radius 1 is 1.55 bits per heavy atom. The lowest BCUT2D eigenvalue weighted by molar-refractivity contribution is -0.114. The second-order valence-electron chi connectivity index (χ2n) is 5.13. The molecular formula is C15H18N2O3. The third kappa shape index (κ3) is 2.53. The zero-order valence-electron chi connectivity index (χ0n) is 11.4. The number of nitrogens with zero attached hydrogens (tertiary/aromatic N) is 2. The summed E-state index contributed by atoms with van der Waals surface area (Å²) >= 11 is 0. The van der Waals surface area contributed by atoms with Crippen LogP contribution in [0.2, 0.25) is 0 Å². The first-order chi connectivity index (χ1) is 9.51. The number of benzene rings is 1. The van der Waals surface area contributed by atoms with Crippen LogP contribution in [0.3, 0.4) is 0 Å². The molecule has 5 nitrogen and oxygen atoms in total. The zero-order chi connectivity index (χ0) is 14.8. The average Bonchev–Trinajstić information content (AvgIpc) is 2.49. The quantitative estimate of drug-likeness (QED) is 0.839. The van der Waals surface area contributed by atoms with Crippen molar-refractivity contribution in [2.24, 2.45) is 0 Å². The van der Waals surface area contributed by atoms with Crippen molar-refractivity contribution in [2.75, 3.05) is 13.1 Å². The SMILES string of the molecule is CC[C@@]1(O)CCN(C(=O)c2ccccc2C#N)C[C@H]1O. The molecule has 0 spiro atoms. The Kier molecular flexibility index (Phi) is 4.07. The molecule has 1 heterocycles. The lowest BCUT2D eigenvalue weighted by atomic mass is 9.86. The third-order valence-corrected chi connectivity index (χ3v) is 4.01. The summed E-state index contributed by atoms with van der Waals surface area (Å²) in [5.74, 6) is -0.278. The molecule has 0 bridgehead atoms. The molecule has 0 aliphatic carbocycles. The summed E-state index contributed by atoms with van der Waals surface area (Å²) in [6.07, 6.45) is -0.171. The molecule has 0 radical (unpaired) electrons. The van der Waals surface area contributed by atoms with Gasteiger partial charge in [0.1, 0.15) is 6.10 Å². The minimum Gasteiger partial charge on any atom is -0.388 e. The highest BCUT2D eigenvalue weighted by molar-refractivity contribution is 5.96. The standard InChI is InChI=1S/C15H18N2O3/c1-2-15(20)7-8-17(10-13(15)18)14(19)12-6-4-3-5-11(12)9-16/h3-6,13,18,20H,2,7-8,10H2,1H3/t13-,15-/m1/s1. The molecule has 0 saturated carbocycles. The van der Waals surface area contributed by atoms with Gasteiger partial charge in [0.25, 0.3) is 5.91 Å². The predicted molar refractivity (Wildman–Crippen MR) is 72.9 cm³/mol. The van der Waals surface area contributed by atoms with Gasteiger partial charge in [-0.1, -0.05) is 19.1 Å². The third-order valence-electron chi connectivity index (χ3n) is 4.01. The molecule has 0 unspecified atom stereocenters. The molecule has 2 N–H and O–H groups in total. The van der Waals surface area contributed by atoms with Crippen LogP contribution in [0.1, 0.15) is 35.7 Å². The summed E-state index contributed by atoms with van der Waals surface area (Å²) in [6.45, 7) is 2.27. The molecule has 1 aromatic rings. The van der Waals surface area contributed by atoms with E-state index in [1.165, 1.54) is 4.90 Å². The fraction of sp³-hybridized carbons (Fsp3) is 0.467. The first kappa shape index (κ1) is 14.5. The van der Waals surface area contributed by atoms with E-state index in [0.717, 1.165) is 0 Å². The van der Waals surface area contributed by atoms with Crippen molar-refractivity contribution in [3.8, 4) is 6.07 Å². The number of carbonyl (C=O) groups is 1. The van der Waals surface area contributed by atoms with E-state index in [4.69, 9.17) is 5.26 Å². The number of nitriles is 1. The molecule has 2 rings (SSSR count). The number of likely N-dealkylation sites (tertiary alicyclic amines) is 1. The van der Waals surface area contributed by atoms with E-state index in [9.17, 15) is 15.0 Å². The van der Waals surface area contributed by atoms with Gasteiger partial charge in [0, 0.05) is 13.1 Å². The van der Waals surface area contributed by atoms with Crippen LogP contribution in [0.15, 0.2) is 24.3 Å². The van der Waals surface area contributed by atoms with Crippen LogP contribution >= 0.6 is 0 Å². The van der Waals surface area contributed by atoms with Gasteiger partial charge in [0.05, 0.1) is 22.8 Å². The summed E-state index contributed by atoms with van der Waals surface area (Å²) < 4.78 is 0. The van der Waals surface area contributed by atoms with Crippen molar-refractivity contribution >= 4 is 5.91 Å². The fourth-order valence-corrected chi connectivity index (χ4v) is 2.50. The molecule has 1 fully saturated rings. The zero-order valence-corrected chi connectivity index (χ0v) is 11.4. The van der Waals surface area contributed by atoms with Gasteiger partial charge in [-0.15, -0.1) is 0 Å². The van der Waals surface area contributed by atoms with Gasteiger partial charge in [-0.3, -0.25) is 4.79 Å². The Bertz CT molecular complexity index is 552. The van der Waals surface area contributed by atoms with Crippen LogP contribution in [-0.2, 0) is 0 Å². The number of amides is 1. The Balaban J connectivity index is 2.18. The Hall–Kier alpha value is -1.90. The van der Waals surface area contributed by atoms with Gasteiger partial charge in [-0.25, -0.2) is 0 Å². The van der Waals surface area contributed by atoms with Gasteiger partial charge in [-0.05, 0) is 25.0 Å². The number of hydrogen-bond acceptors (Lipinski definition) is 4. The highest BCUT2D eigenvalue weighted by Gasteiger charge is 2.40. The molecule has 5 heteroatoms. The van der Waals surface area contributed by atoms with E-state index < -0.39 is 11.7 Å². The normalized spacial score (nSPS) is 26.1. The van der Waals surface area contributed by atoms with Crippen LogP contribution in [0, 0.1) is 11.3 Å². The van der Waals surface area contributed by atoms with Crippen molar-refractivity contribution in [1.82, 2.24) is 4.90 Å². The predicted octanol–water partition coefficient (Wildman–Crippen LogP) is 0.906. The number of aliphatic hydroxyl groups excluding tert-OH is 1. The number of β-amino-alcohol motifs (C(OH)–C–C–N with tert-alkyl or cyclic N) is 1. The number of hydrogen-bond donors (Lipinski definition) is 2. The molecule has 1 aromatic carbocycles. The van der Waals surface area contributed by atoms with Gasteiger partial charge < -0.3 is 15.1 Å². The van der Waals surface area contributed by atoms with Gasteiger partial charge in [0.15, 0.2) is 0 Å².